The van der Waals surface area contributed by atoms with E-state index >= 15 is 14.4 Å². The van der Waals surface area contributed by atoms with Gasteiger partial charge in [-0.1, -0.05) is 93.6 Å². The Hall–Kier alpha value is -3.97. The molecule has 4 atom stereocenters. The SMILES string of the molecule is CC[C@]1(C#N)C(=O)[C@@](CO[Si](C)(C)C)(O[Si](C)(C)C)[C@H]2[C@H]1N(C(c1ccccc1)c1ccccc1)C(=O)C(=O)N2c1cccc(C2(C)OCC(C)(C)CO2)c1. The van der Waals surface area contributed by atoms with Crippen molar-refractivity contribution in [1.82, 2.24) is 4.90 Å². The molecular weight excluding hydrogens is 727 g/mol. The molecule has 2 heterocycles. The fourth-order valence-corrected chi connectivity index (χ4v) is 10.3. The van der Waals surface area contributed by atoms with Crippen LogP contribution in [0.1, 0.15) is 56.8 Å². The summed E-state index contributed by atoms with van der Waals surface area (Å²) in [7, 11) is -5.03. The molecule has 0 bridgehead atoms. The Morgan fingerprint density at radius 1 is 0.800 bits per heavy atom. The number of ether oxygens (including phenoxy) is 2. The van der Waals surface area contributed by atoms with Crippen LogP contribution < -0.4 is 4.90 Å². The van der Waals surface area contributed by atoms with Gasteiger partial charge in [0.05, 0.1) is 44.0 Å². The van der Waals surface area contributed by atoms with Gasteiger partial charge in [-0.3, -0.25) is 19.3 Å². The molecule has 3 aromatic carbocycles. The van der Waals surface area contributed by atoms with E-state index < -0.39 is 69.2 Å². The van der Waals surface area contributed by atoms with Gasteiger partial charge in [0, 0.05) is 16.7 Å². The maximum Gasteiger partial charge on any atom is 0.316 e. The zero-order valence-corrected chi connectivity index (χ0v) is 35.8. The summed E-state index contributed by atoms with van der Waals surface area (Å²) < 4.78 is 26.4. The van der Waals surface area contributed by atoms with Crippen molar-refractivity contribution < 1.29 is 32.7 Å². The molecule has 0 aromatic heterocycles. The van der Waals surface area contributed by atoms with Gasteiger partial charge in [0.25, 0.3) is 0 Å². The number of nitriles is 1. The van der Waals surface area contributed by atoms with Crippen LogP contribution in [0.4, 0.5) is 5.69 Å². The van der Waals surface area contributed by atoms with Crippen LogP contribution in [-0.2, 0) is 38.5 Å². The van der Waals surface area contributed by atoms with Crippen molar-refractivity contribution in [2.45, 2.75) is 103 Å². The number of hydrogen-bond acceptors (Lipinski definition) is 8. The standard InChI is InChI=1S/C43H55N3O7Si2/c1-11-42(26-44)35-36(43(39(42)49,53-55(8,9)10)29-52-54(5,6)7)45(33-24-18-23-32(25-33)41(4)50-27-40(2,3)28-51-41)37(47)38(48)46(35)34(30-19-14-12-15-20-30)31-21-16-13-17-22-31/h12-25,34-36H,11,27-29H2,1-10H3/t35-,36-,42-,43+/m1/s1. The number of carbonyl (C=O) groups excluding carboxylic acids is 3. The van der Waals surface area contributed by atoms with Crippen LogP contribution in [0, 0.1) is 22.2 Å². The molecule has 2 amide bonds. The highest BCUT2D eigenvalue weighted by Crippen LogP contribution is 2.56. The fraction of sp³-hybridized carbons (Fsp3) is 0.488. The third-order valence-corrected chi connectivity index (χ3v) is 12.9. The van der Waals surface area contributed by atoms with Crippen molar-refractivity contribution in [3.63, 3.8) is 0 Å². The summed E-state index contributed by atoms with van der Waals surface area (Å²) in [5.74, 6) is -3.26. The highest BCUT2D eigenvalue weighted by atomic mass is 28.4. The Bertz CT molecular complexity index is 1920. The Kier molecular flexibility index (Phi) is 10.7. The molecule has 10 nitrogen and oxygen atoms in total. The van der Waals surface area contributed by atoms with Crippen molar-refractivity contribution in [3.8, 4) is 6.07 Å². The Balaban J connectivity index is 1.66. The van der Waals surface area contributed by atoms with Crippen LogP contribution in [0.3, 0.4) is 0 Å². The zero-order chi connectivity index (χ0) is 40.2. The molecule has 3 aromatic rings. The number of benzene rings is 3. The molecule has 55 heavy (non-hydrogen) atoms. The lowest BCUT2D eigenvalue weighted by atomic mass is 9.76. The number of rotatable bonds is 11. The second kappa shape index (κ2) is 14.5. The lowest BCUT2D eigenvalue weighted by Crippen LogP contribution is -2.72. The summed E-state index contributed by atoms with van der Waals surface area (Å²) in [4.78, 5) is 49.1. The smallest absolute Gasteiger partial charge is 0.316 e. The second-order valence-electron chi connectivity index (χ2n) is 18.0. The van der Waals surface area contributed by atoms with Crippen LogP contribution in [-0.4, -0.2) is 76.6 Å². The summed E-state index contributed by atoms with van der Waals surface area (Å²) >= 11 is 0. The van der Waals surface area contributed by atoms with E-state index in [1.807, 2.05) is 113 Å². The van der Waals surface area contributed by atoms with Crippen LogP contribution in [0.15, 0.2) is 84.9 Å². The van der Waals surface area contributed by atoms with E-state index in [1.54, 1.807) is 25.1 Å². The van der Waals surface area contributed by atoms with Crippen molar-refractivity contribution in [2.75, 3.05) is 24.7 Å². The van der Waals surface area contributed by atoms with Crippen molar-refractivity contribution in [1.29, 1.82) is 5.26 Å². The topological polar surface area (TPSA) is 118 Å². The molecule has 12 heteroatoms. The van der Waals surface area contributed by atoms with Crippen LogP contribution in [0.25, 0.3) is 0 Å². The zero-order valence-electron chi connectivity index (χ0n) is 33.8. The number of carbonyl (C=O) groups is 3. The summed E-state index contributed by atoms with van der Waals surface area (Å²) in [6.45, 7) is 20.5. The molecule has 2 saturated heterocycles. The lowest BCUT2D eigenvalue weighted by Gasteiger charge is -2.52. The number of nitrogens with zero attached hydrogens (tertiary/aromatic N) is 3. The van der Waals surface area contributed by atoms with Gasteiger partial charge in [-0.05, 0) is 75.9 Å². The van der Waals surface area contributed by atoms with E-state index in [-0.39, 0.29) is 18.4 Å². The first kappa shape index (κ1) is 40.7. The Morgan fingerprint density at radius 3 is 1.85 bits per heavy atom. The first-order chi connectivity index (χ1) is 25.7. The maximum absolute atomic E-state index is 15.7. The van der Waals surface area contributed by atoms with Crippen LogP contribution in [0.5, 0.6) is 0 Å². The van der Waals surface area contributed by atoms with E-state index in [0.29, 0.717) is 24.5 Å². The minimum absolute atomic E-state index is 0.0743. The first-order valence-electron chi connectivity index (χ1n) is 19.2. The summed E-state index contributed by atoms with van der Waals surface area (Å²) in [6.07, 6.45) is 0.0743. The molecule has 0 spiro atoms. The summed E-state index contributed by atoms with van der Waals surface area (Å²) in [6, 6.07) is 25.5. The molecule has 0 radical (unpaired) electrons. The molecule has 1 aliphatic carbocycles. The highest BCUT2D eigenvalue weighted by molar-refractivity contribution is 6.70. The predicted molar refractivity (Wildman–Crippen MR) is 216 cm³/mol. The Labute approximate surface area is 328 Å². The summed E-state index contributed by atoms with van der Waals surface area (Å²) in [5.41, 5.74) is -1.26. The quantitative estimate of drug-likeness (QED) is 0.144. The molecule has 6 rings (SSSR count). The summed E-state index contributed by atoms with van der Waals surface area (Å²) in [5, 5.41) is 11.4. The molecule has 1 saturated carbocycles. The van der Waals surface area contributed by atoms with Gasteiger partial charge >= 0.3 is 11.8 Å². The van der Waals surface area contributed by atoms with Crippen molar-refractivity contribution in [2.24, 2.45) is 10.8 Å². The van der Waals surface area contributed by atoms with Gasteiger partial charge < -0.3 is 23.2 Å². The molecule has 3 fully saturated rings. The van der Waals surface area contributed by atoms with Crippen molar-refractivity contribution >= 4 is 39.9 Å². The van der Waals surface area contributed by atoms with E-state index in [1.165, 1.54) is 9.80 Å². The van der Waals surface area contributed by atoms with Gasteiger partial charge in [0.1, 0.15) is 5.41 Å². The number of amides is 2. The number of hydrogen-bond donors (Lipinski definition) is 0. The fourth-order valence-electron chi connectivity index (χ4n) is 8.29. The van der Waals surface area contributed by atoms with Gasteiger partial charge in [-0.25, -0.2) is 0 Å². The molecule has 292 valence electrons. The molecule has 0 N–H and O–H groups in total. The van der Waals surface area contributed by atoms with E-state index in [2.05, 4.69) is 19.9 Å². The normalized spacial score (nSPS) is 26.6. The number of anilines is 1. The number of piperazine rings is 1. The first-order valence-corrected chi connectivity index (χ1v) is 26.0. The Morgan fingerprint density at radius 2 is 1.36 bits per heavy atom. The highest BCUT2D eigenvalue weighted by Gasteiger charge is 2.76. The van der Waals surface area contributed by atoms with Crippen LogP contribution in [0.2, 0.25) is 39.3 Å². The lowest BCUT2D eigenvalue weighted by molar-refractivity contribution is -0.298. The van der Waals surface area contributed by atoms with Gasteiger partial charge in [-0.2, -0.15) is 5.26 Å². The minimum atomic E-state index is -2.68. The van der Waals surface area contributed by atoms with Gasteiger partial charge in [0.2, 0.25) is 0 Å². The maximum atomic E-state index is 15.7. The third-order valence-electron chi connectivity index (χ3n) is 10.9. The largest absolute Gasteiger partial charge is 0.414 e. The minimum Gasteiger partial charge on any atom is -0.414 e. The van der Waals surface area contributed by atoms with Gasteiger partial charge in [-0.15, -0.1) is 0 Å². The third kappa shape index (κ3) is 7.38. The van der Waals surface area contributed by atoms with E-state index in [9.17, 15) is 5.26 Å². The molecule has 0 unspecified atom stereocenters. The number of fused-ring (bicyclic) bond motifs is 1. The molecular formula is C43H55N3O7Si2. The average Bonchev–Trinajstić information content (AvgIpc) is 3.34. The van der Waals surface area contributed by atoms with Crippen LogP contribution >= 0.6 is 0 Å². The number of Topliss-reactive ketones (excluding diaryl/α,β-unsaturated/α-hetero) is 1. The average molecular weight is 782 g/mol. The molecule has 3 aliphatic rings. The monoisotopic (exact) mass is 781 g/mol. The van der Waals surface area contributed by atoms with E-state index in [0.717, 1.165) is 11.1 Å². The van der Waals surface area contributed by atoms with E-state index in [4.69, 9.17) is 18.3 Å². The second-order valence-corrected chi connectivity index (χ2v) is 27.0. The van der Waals surface area contributed by atoms with Gasteiger partial charge in [0.15, 0.2) is 33.8 Å². The predicted octanol–water partition coefficient (Wildman–Crippen LogP) is 7.58. The number of ketones is 1. The van der Waals surface area contributed by atoms with Crippen molar-refractivity contribution in [3.05, 3.63) is 102 Å². The molecule has 2 aliphatic heterocycles.